The number of carbonyl (C=O) groups excluding carboxylic acids is 2. The van der Waals surface area contributed by atoms with Gasteiger partial charge in [0.2, 0.25) is 5.91 Å². The molecule has 0 aromatic heterocycles. The molecule has 0 saturated heterocycles. The molecule has 0 spiro atoms. The second kappa shape index (κ2) is 8.84. The Morgan fingerprint density at radius 2 is 1.60 bits per heavy atom. The molecule has 0 radical (unpaired) electrons. The van der Waals surface area contributed by atoms with E-state index in [-0.39, 0.29) is 17.7 Å². The fourth-order valence-corrected chi connectivity index (χ4v) is 2.61. The molecule has 0 aliphatic rings. The van der Waals surface area contributed by atoms with E-state index in [9.17, 15) is 9.59 Å². The molecule has 2 amide bonds. The molecule has 0 fully saturated rings. The van der Waals surface area contributed by atoms with E-state index in [1.165, 1.54) is 0 Å². The van der Waals surface area contributed by atoms with Crippen molar-refractivity contribution in [2.45, 2.75) is 19.9 Å². The van der Waals surface area contributed by atoms with Gasteiger partial charge < -0.3 is 15.4 Å². The molecule has 0 bridgehead atoms. The van der Waals surface area contributed by atoms with Crippen molar-refractivity contribution in [2.24, 2.45) is 5.92 Å². The normalized spacial score (nSPS) is 11.7. The fraction of sp³-hybridized carbons (Fsp3) is 0.263. The van der Waals surface area contributed by atoms with Crippen LogP contribution in [0.5, 0.6) is 5.75 Å². The first-order valence-corrected chi connectivity index (χ1v) is 9.00. The summed E-state index contributed by atoms with van der Waals surface area (Å²) in [5.41, 5.74) is 1.18. The Kier molecular flexibility index (Phi) is 6.81. The zero-order valence-corrected chi connectivity index (χ0v) is 16.5. The largest absolute Gasteiger partial charge is 0.497 e. The molecule has 1 atom stereocenters. The molecule has 0 unspecified atom stereocenters. The summed E-state index contributed by atoms with van der Waals surface area (Å²) in [4.78, 5) is 25.0. The summed E-state index contributed by atoms with van der Waals surface area (Å²) in [6.45, 7) is 3.79. The molecule has 0 aliphatic carbocycles. The lowest BCUT2D eigenvalue weighted by atomic mass is 10.0. The number of methoxy groups -OCH3 is 1. The number of benzene rings is 2. The molecule has 5 nitrogen and oxygen atoms in total. The van der Waals surface area contributed by atoms with Gasteiger partial charge in [-0.1, -0.05) is 13.8 Å². The van der Waals surface area contributed by atoms with Crippen molar-refractivity contribution in [1.29, 1.82) is 0 Å². The SMILES string of the molecule is COc1ccc(C(=O)N[C@H](C(=O)Nc2ccc(I)cc2)C(C)C)cc1. The van der Waals surface area contributed by atoms with Crippen molar-refractivity contribution in [2.75, 3.05) is 12.4 Å². The number of hydrogen-bond donors (Lipinski definition) is 2. The third-order valence-corrected chi connectivity index (χ3v) is 4.42. The molecule has 0 aliphatic heterocycles. The Bertz CT molecular complexity index is 727. The molecule has 132 valence electrons. The van der Waals surface area contributed by atoms with Crippen LogP contribution in [0.1, 0.15) is 24.2 Å². The predicted molar refractivity (Wildman–Crippen MR) is 107 cm³/mol. The van der Waals surface area contributed by atoms with Crippen LogP contribution in [0.25, 0.3) is 0 Å². The van der Waals surface area contributed by atoms with E-state index in [2.05, 4.69) is 33.2 Å². The zero-order chi connectivity index (χ0) is 18.4. The minimum absolute atomic E-state index is 0.0500. The van der Waals surface area contributed by atoms with Gasteiger partial charge in [-0.2, -0.15) is 0 Å². The summed E-state index contributed by atoms with van der Waals surface area (Å²) in [6.07, 6.45) is 0. The number of amides is 2. The van der Waals surface area contributed by atoms with Crippen LogP contribution in [0.4, 0.5) is 5.69 Å². The molecular formula is C19H21IN2O3. The maximum Gasteiger partial charge on any atom is 0.251 e. The molecule has 25 heavy (non-hydrogen) atoms. The number of halogens is 1. The number of nitrogens with one attached hydrogen (secondary N) is 2. The Morgan fingerprint density at radius 3 is 2.12 bits per heavy atom. The molecular weight excluding hydrogens is 431 g/mol. The van der Waals surface area contributed by atoms with Gasteiger partial charge in [-0.15, -0.1) is 0 Å². The van der Waals surface area contributed by atoms with E-state index >= 15 is 0 Å². The van der Waals surface area contributed by atoms with Gasteiger partial charge in [0, 0.05) is 14.8 Å². The summed E-state index contributed by atoms with van der Waals surface area (Å²) < 4.78 is 6.17. The van der Waals surface area contributed by atoms with Crippen LogP contribution in [0, 0.1) is 9.49 Å². The molecule has 2 N–H and O–H groups in total. The number of hydrogen-bond acceptors (Lipinski definition) is 3. The van der Waals surface area contributed by atoms with Crippen molar-refractivity contribution in [3.8, 4) is 5.75 Å². The van der Waals surface area contributed by atoms with Crippen LogP contribution in [-0.4, -0.2) is 25.0 Å². The summed E-state index contributed by atoms with van der Waals surface area (Å²) in [7, 11) is 1.57. The average Bonchev–Trinajstić information content (AvgIpc) is 2.61. The lowest BCUT2D eigenvalue weighted by molar-refractivity contribution is -0.118. The highest BCUT2D eigenvalue weighted by Crippen LogP contribution is 2.14. The summed E-state index contributed by atoms with van der Waals surface area (Å²) in [6, 6.07) is 13.6. The Hall–Kier alpha value is -2.09. The lowest BCUT2D eigenvalue weighted by Crippen LogP contribution is -2.47. The number of anilines is 1. The van der Waals surface area contributed by atoms with Gasteiger partial charge in [-0.3, -0.25) is 9.59 Å². The van der Waals surface area contributed by atoms with Crippen LogP contribution >= 0.6 is 22.6 Å². The Morgan fingerprint density at radius 1 is 1.00 bits per heavy atom. The second-order valence-electron chi connectivity index (χ2n) is 5.92. The van der Waals surface area contributed by atoms with Crippen molar-refractivity contribution < 1.29 is 14.3 Å². The van der Waals surface area contributed by atoms with E-state index < -0.39 is 6.04 Å². The van der Waals surface area contributed by atoms with E-state index in [0.717, 1.165) is 3.57 Å². The van der Waals surface area contributed by atoms with Crippen LogP contribution < -0.4 is 15.4 Å². The van der Waals surface area contributed by atoms with Crippen LogP contribution in [0.3, 0.4) is 0 Å². The van der Waals surface area contributed by atoms with Crippen LogP contribution in [0.2, 0.25) is 0 Å². The van der Waals surface area contributed by atoms with Gasteiger partial charge in [0.15, 0.2) is 0 Å². The average molecular weight is 452 g/mol. The van der Waals surface area contributed by atoms with E-state index in [1.54, 1.807) is 31.4 Å². The van der Waals surface area contributed by atoms with E-state index in [0.29, 0.717) is 17.0 Å². The first kappa shape index (κ1) is 19.2. The lowest BCUT2D eigenvalue weighted by Gasteiger charge is -2.22. The van der Waals surface area contributed by atoms with Gasteiger partial charge in [-0.25, -0.2) is 0 Å². The molecule has 0 heterocycles. The zero-order valence-electron chi connectivity index (χ0n) is 14.4. The van der Waals surface area contributed by atoms with Crippen LogP contribution in [-0.2, 0) is 4.79 Å². The third-order valence-electron chi connectivity index (χ3n) is 3.70. The molecule has 2 aromatic carbocycles. The maximum atomic E-state index is 12.6. The van der Waals surface area contributed by atoms with Crippen molar-refractivity contribution >= 4 is 40.1 Å². The van der Waals surface area contributed by atoms with E-state index in [4.69, 9.17) is 4.74 Å². The minimum atomic E-state index is -0.631. The van der Waals surface area contributed by atoms with Crippen molar-refractivity contribution in [3.05, 3.63) is 57.7 Å². The highest BCUT2D eigenvalue weighted by atomic mass is 127. The topological polar surface area (TPSA) is 67.4 Å². The smallest absolute Gasteiger partial charge is 0.251 e. The highest BCUT2D eigenvalue weighted by molar-refractivity contribution is 14.1. The van der Waals surface area contributed by atoms with Crippen molar-refractivity contribution in [3.63, 3.8) is 0 Å². The maximum absolute atomic E-state index is 12.6. The second-order valence-corrected chi connectivity index (χ2v) is 7.17. The quantitative estimate of drug-likeness (QED) is 0.658. The standard InChI is InChI=1S/C19H21IN2O3/c1-12(2)17(19(24)21-15-8-6-14(20)7-9-15)22-18(23)13-4-10-16(25-3)11-5-13/h4-12,17H,1-3H3,(H,21,24)(H,22,23)/t17-/m0/s1. The molecule has 2 aromatic rings. The highest BCUT2D eigenvalue weighted by Gasteiger charge is 2.24. The number of carbonyl (C=O) groups is 2. The number of ether oxygens (including phenoxy) is 1. The Balaban J connectivity index is 2.07. The molecule has 6 heteroatoms. The molecule has 0 saturated carbocycles. The van der Waals surface area contributed by atoms with Gasteiger partial charge >= 0.3 is 0 Å². The van der Waals surface area contributed by atoms with Crippen molar-refractivity contribution in [1.82, 2.24) is 5.32 Å². The molecule has 2 rings (SSSR count). The fourth-order valence-electron chi connectivity index (χ4n) is 2.26. The van der Waals surface area contributed by atoms with Gasteiger partial charge in [0.05, 0.1) is 7.11 Å². The monoisotopic (exact) mass is 452 g/mol. The minimum Gasteiger partial charge on any atom is -0.497 e. The first-order valence-electron chi connectivity index (χ1n) is 7.92. The van der Waals surface area contributed by atoms with Gasteiger partial charge in [0.1, 0.15) is 11.8 Å². The Labute approximate surface area is 161 Å². The van der Waals surface area contributed by atoms with Crippen LogP contribution in [0.15, 0.2) is 48.5 Å². The third kappa shape index (κ3) is 5.45. The van der Waals surface area contributed by atoms with E-state index in [1.807, 2.05) is 38.1 Å². The summed E-state index contributed by atoms with van der Waals surface area (Å²) >= 11 is 2.20. The predicted octanol–water partition coefficient (Wildman–Crippen LogP) is 3.69. The first-order chi connectivity index (χ1) is 11.9. The summed E-state index contributed by atoms with van der Waals surface area (Å²) in [5.74, 6) is 0.0941. The van der Waals surface area contributed by atoms with Gasteiger partial charge in [0.25, 0.3) is 5.91 Å². The van der Waals surface area contributed by atoms with Gasteiger partial charge in [-0.05, 0) is 77.0 Å². The number of rotatable bonds is 6. The summed E-state index contributed by atoms with van der Waals surface area (Å²) in [5, 5.41) is 5.66.